The molecule has 1 amide bonds. The molecule has 1 aromatic heterocycles. The van der Waals surface area contributed by atoms with Gasteiger partial charge in [-0.15, -0.1) is 0 Å². The van der Waals surface area contributed by atoms with Gasteiger partial charge in [0.25, 0.3) is 0 Å². The molecule has 1 saturated heterocycles. The topological polar surface area (TPSA) is 88.2 Å². The summed E-state index contributed by atoms with van der Waals surface area (Å²) in [5.41, 5.74) is 2.69. The lowest BCUT2D eigenvalue weighted by Gasteiger charge is -2.33. The Bertz CT molecular complexity index is 1150. The highest BCUT2D eigenvalue weighted by Crippen LogP contribution is 2.20. The smallest absolute Gasteiger partial charge is 0.344 e. The van der Waals surface area contributed by atoms with Crippen LogP contribution in [0, 0.1) is 5.82 Å². The van der Waals surface area contributed by atoms with E-state index in [2.05, 4.69) is 41.2 Å². The van der Waals surface area contributed by atoms with Crippen LogP contribution in [0.1, 0.15) is 34.2 Å². The normalized spacial score (nSPS) is 14.0. The third-order valence-corrected chi connectivity index (χ3v) is 6.51. The van der Waals surface area contributed by atoms with Crippen molar-refractivity contribution in [3.8, 4) is 0 Å². The first-order valence-electron chi connectivity index (χ1n) is 11.4. The number of aryl methyl sites for hydroxylation is 1. The van der Waals surface area contributed by atoms with E-state index in [0.717, 1.165) is 55.7 Å². The van der Waals surface area contributed by atoms with Crippen LogP contribution in [0.2, 0.25) is 0 Å². The van der Waals surface area contributed by atoms with Crippen LogP contribution in [0.3, 0.4) is 0 Å². The number of carbonyl (C=O) groups excluding carboxylic acids is 1. The number of piperazine rings is 1. The van der Waals surface area contributed by atoms with E-state index in [4.69, 9.17) is 0 Å². The number of rotatable bonds is 8. The van der Waals surface area contributed by atoms with E-state index in [-0.39, 0.29) is 11.7 Å². The highest BCUT2D eigenvalue weighted by Gasteiger charge is 2.20. The number of anilines is 1. The number of hydrogen-bond acceptors (Lipinski definition) is 7. The van der Waals surface area contributed by atoms with Crippen molar-refractivity contribution in [2.45, 2.75) is 19.8 Å². The zero-order valence-electron chi connectivity index (χ0n) is 19.1. The van der Waals surface area contributed by atoms with Gasteiger partial charge < -0.3 is 4.90 Å². The lowest BCUT2D eigenvalue weighted by atomic mass is 10.1. The van der Waals surface area contributed by atoms with Crippen molar-refractivity contribution >= 4 is 22.6 Å². The second-order valence-corrected chi connectivity index (χ2v) is 8.77. The molecule has 176 valence electrons. The Labute approximate surface area is 202 Å². The van der Waals surface area contributed by atoms with Crippen molar-refractivity contribution in [3.63, 3.8) is 0 Å². The number of carbonyl (C=O) groups is 1. The Kier molecular flexibility index (Phi) is 8.19. The average Bonchev–Trinajstić information content (AvgIpc) is 3.34. The summed E-state index contributed by atoms with van der Waals surface area (Å²) in [7, 11) is 0. The first-order chi connectivity index (χ1) is 16.6. The van der Waals surface area contributed by atoms with Crippen LogP contribution in [-0.2, 0) is 12.8 Å². The third-order valence-electron chi connectivity index (χ3n) is 5.70. The maximum Gasteiger partial charge on any atom is 0.360 e. The van der Waals surface area contributed by atoms with Crippen LogP contribution < -0.4 is 9.81 Å². The second-order valence-electron chi connectivity index (χ2n) is 8.04. The monoisotopic (exact) mass is 480 g/mol. The second kappa shape index (κ2) is 11.7. The lowest BCUT2D eigenvalue weighted by Crippen LogP contribution is -2.47. The molecule has 1 fully saturated rings. The number of benzene rings is 2. The van der Waals surface area contributed by atoms with Gasteiger partial charge in [-0.2, -0.15) is 4.37 Å². The van der Waals surface area contributed by atoms with E-state index in [1.807, 2.05) is 12.1 Å². The molecule has 0 bridgehead atoms. The molecule has 0 N–H and O–H groups in total. The summed E-state index contributed by atoms with van der Waals surface area (Å²) in [4.78, 5) is 24.9. The maximum atomic E-state index is 13.1. The summed E-state index contributed by atoms with van der Waals surface area (Å²) in [5, 5.41) is 8.63. The van der Waals surface area contributed by atoms with Crippen molar-refractivity contribution < 1.29 is 9.18 Å². The molecule has 0 saturated carbocycles. The zero-order valence-corrected chi connectivity index (χ0v) is 19.9. The summed E-state index contributed by atoms with van der Waals surface area (Å²) >= 11 is 1.40. The van der Waals surface area contributed by atoms with Gasteiger partial charge in [-0.25, -0.2) is 9.37 Å². The predicted molar refractivity (Wildman–Crippen MR) is 130 cm³/mol. The van der Waals surface area contributed by atoms with Crippen LogP contribution in [0.5, 0.6) is 0 Å². The van der Waals surface area contributed by atoms with Crippen molar-refractivity contribution in [1.82, 2.24) is 19.2 Å². The van der Waals surface area contributed by atoms with E-state index in [1.54, 1.807) is 24.3 Å². The first-order valence-corrected chi connectivity index (χ1v) is 12.1. The van der Waals surface area contributed by atoms with Gasteiger partial charge in [-0.1, -0.05) is 31.2 Å². The molecule has 0 atom stereocenters. The lowest BCUT2D eigenvalue weighted by molar-refractivity contribution is 0.0992. The van der Waals surface area contributed by atoms with Crippen molar-refractivity contribution in [2.75, 3.05) is 44.2 Å². The molecule has 0 spiro atoms. The molecule has 34 heavy (non-hydrogen) atoms. The Hall–Kier alpha value is -3.33. The van der Waals surface area contributed by atoms with Crippen LogP contribution in [0.15, 0.2) is 58.8 Å². The van der Waals surface area contributed by atoms with Gasteiger partial charge in [-0.3, -0.25) is 9.69 Å². The molecule has 1 aliphatic rings. The van der Waals surface area contributed by atoms with Gasteiger partial charge in [0.1, 0.15) is 23.3 Å². The molecule has 4 rings (SSSR count). The molecule has 2 heterocycles. The molecule has 10 heteroatoms. The Morgan fingerprint density at radius 3 is 2.47 bits per heavy atom. The van der Waals surface area contributed by atoms with E-state index in [9.17, 15) is 9.18 Å². The van der Waals surface area contributed by atoms with E-state index in [0.29, 0.717) is 18.5 Å². The fraction of sp³-hybridized carbons (Fsp3) is 0.375. The molecule has 1 aliphatic heterocycles. The minimum absolute atomic E-state index is 0.240. The molecule has 8 nitrogen and oxygen atoms in total. The van der Waals surface area contributed by atoms with E-state index in [1.165, 1.54) is 29.2 Å². The number of amides is 1. The van der Waals surface area contributed by atoms with Crippen LogP contribution in [-0.4, -0.2) is 59.4 Å². The molecular formula is C24H27FN7OS+. The zero-order chi connectivity index (χ0) is 23.8. The largest absolute Gasteiger partial charge is 0.360 e. The number of halogens is 1. The fourth-order valence-electron chi connectivity index (χ4n) is 3.64. The van der Waals surface area contributed by atoms with Gasteiger partial charge in [0, 0.05) is 56.2 Å². The van der Waals surface area contributed by atoms with Gasteiger partial charge in [0.2, 0.25) is 15.2 Å². The van der Waals surface area contributed by atoms with Crippen molar-refractivity contribution in [2.24, 2.45) is 10.2 Å². The van der Waals surface area contributed by atoms with E-state index >= 15 is 0 Å². The first kappa shape index (κ1) is 23.8. The molecule has 0 radical (unpaired) electrons. The minimum atomic E-state index is -0.379. The standard InChI is InChI=1S/C24H27FN7OS/c1-2-18-3-7-20(8-4-18)23(33)28-30-26-11-12-31-13-15-32(16-14-31)24-27-22(29-34-24)17-19-5-9-21(25)10-6-19/h3-10H,2,11-17H2,1H3/q+1. The number of hydrogen-bond donors (Lipinski definition) is 0. The predicted octanol–water partition coefficient (Wildman–Crippen LogP) is 3.76. The molecule has 3 aromatic rings. The Morgan fingerprint density at radius 2 is 1.76 bits per heavy atom. The van der Waals surface area contributed by atoms with Gasteiger partial charge in [0.05, 0.1) is 0 Å². The van der Waals surface area contributed by atoms with E-state index < -0.39 is 0 Å². The van der Waals surface area contributed by atoms with Crippen LogP contribution in [0.25, 0.3) is 0 Å². The maximum absolute atomic E-state index is 13.1. The average molecular weight is 481 g/mol. The Balaban J connectivity index is 1.19. The molecular weight excluding hydrogens is 453 g/mol. The van der Waals surface area contributed by atoms with Crippen LogP contribution >= 0.6 is 11.5 Å². The minimum Gasteiger partial charge on any atom is -0.344 e. The SMILES string of the molecule is CCc1ccc(C(=O)N=[N+]=NCCN2CCN(c3nc(Cc4ccc(F)cc4)ns3)CC2)cc1. The summed E-state index contributed by atoms with van der Waals surface area (Å²) in [6.45, 7) is 6.83. The molecule has 0 aliphatic carbocycles. The van der Waals surface area contributed by atoms with Gasteiger partial charge in [-0.05, 0) is 41.8 Å². The fourth-order valence-corrected chi connectivity index (χ4v) is 4.37. The number of nitrogens with zero attached hydrogens (tertiary/aromatic N) is 7. The van der Waals surface area contributed by atoms with Gasteiger partial charge >= 0.3 is 5.91 Å². The molecule has 2 aromatic carbocycles. The quantitative estimate of drug-likeness (QED) is 0.362. The van der Waals surface area contributed by atoms with Crippen LogP contribution in [0.4, 0.5) is 9.52 Å². The number of aromatic nitrogens is 2. The van der Waals surface area contributed by atoms with Crippen molar-refractivity contribution in [1.29, 1.82) is 0 Å². The summed E-state index contributed by atoms with van der Waals surface area (Å²) in [6, 6.07) is 13.8. The highest BCUT2D eigenvalue weighted by molar-refractivity contribution is 7.09. The Morgan fingerprint density at radius 1 is 1.06 bits per heavy atom. The highest BCUT2D eigenvalue weighted by atomic mass is 32.1. The molecule has 0 unspecified atom stereocenters. The van der Waals surface area contributed by atoms with Gasteiger partial charge in [0.15, 0.2) is 0 Å². The van der Waals surface area contributed by atoms with Crippen molar-refractivity contribution in [3.05, 3.63) is 76.9 Å². The summed E-state index contributed by atoms with van der Waals surface area (Å²) in [5.74, 6) is 0.139. The third kappa shape index (κ3) is 6.60. The summed E-state index contributed by atoms with van der Waals surface area (Å²) < 4.78 is 17.5. The summed E-state index contributed by atoms with van der Waals surface area (Å²) in [6.07, 6.45) is 1.53.